The fourth-order valence-corrected chi connectivity index (χ4v) is 5.68. The summed E-state index contributed by atoms with van der Waals surface area (Å²) < 4.78 is 2.02. The minimum Gasteiger partial charge on any atom is -0.346 e. The van der Waals surface area contributed by atoms with E-state index in [1.807, 2.05) is 41.3 Å². The Morgan fingerprint density at radius 3 is 2.81 bits per heavy atom. The van der Waals surface area contributed by atoms with Gasteiger partial charge in [0, 0.05) is 60.0 Å². The molecule has 181 valence electrons. The number of nitrogens with one attached hydrogen (secondary N) is 1. The van der Waals surface area contributed by atoms with Crippen LogP contribution in [-0.4, -0.2) is 71.7 Å². The highest BCUT2D eigenvalue weighted by atomic mass is 35.5. The van der Waals surface area contributed by atoms with Crippen molar-refractivity contribution >= 4 is 33.5 Å². The van der Waals surface area contributed by atoms with Crippen LogP contribution in [0.3, 0.4) is 0 Å². The molecule has 0 unspecified atom stereocenters. The van der Waals surface area contributed by atoms with E-state index in [1.54, 1.807) is 6.33 Å². The number of nitrogens with zero attached hydrogens (tertiary/aromatic N) is 7. The summed E-state index contributed by atoms with van der Waals surface area (Å²) in [5, 5.41) is 7.42. The Labute approximate surface area is 213 Å². The molecule has 4 aromatic heterocycles. The molecular formula is C27H26ClN8. The van der Waals surface area contributed by atoms with Crippen molar-refractivity contribution < 1.29 is 0 Å². The van der Waals surface area contributed by atoms with Gasteiger partial charge in [-0.3, -0.25) is 14.5 Å². The van der Waals surface area contributed by atoms with Crippen molar-refractivity contribution in [1.82, 2.24) is 39.5 Å². The molecule has 0 amide bonds. The number of aromatic nitrogens is 6. The molecular weight excluding hydrogens is 472 g/mol. The van der Waals surface area contributed by atoms with Crippen LogP contribution in [0.25, 0.3) is 33.2 Å². The topological polar surface area (TPSA) is 78.8 Å². The lowest BCUT2D eigenvalue weighted by Crippen LogP contribution is -2.56. The van der Waals surface area contributed by atoms with Gasteiger partial charge in [-0.25, -0.2) is 15.0 Å². The van der Waals surface area contributed by atoms with Gasteiger partial charge in [-0.15, -0.1) is 0 Å². The van der Waals surface area contributed by atoms with Crippen molar-refractivity contribution in [1.29, 1.82) is 0 Å². The molecule has 1 radical (unpaired) electrons. The Bertz CT molecular complexity index is 1530. The van der Waals surface area contributed by atoms with Crippen LogP contribution in [0.15, 0.2) is 61.3 Å². The van der Waals surface area contributed by atoms with E-state index in [9.17, 15) is 0 Å². The third kappa shape index (κ3) is 3.95. The molecule has 0 spiro atoms. The lowest BCUT2D eigenvalue weighted by molar-refractivity contribution is 0.0669. The second-order valence-corrected chi connectivity index (χ2v) is 10.1. The Kier molecular flexibility index (Phi) is 5.45. The Hall–Kier alpha value is -3.33. The first-order chi connectivity index (χ1) is 17.7. The van der Waals surface area contributed by atoms with Gasteiger partial charge >= 0.3 is 0 Å². The van der Waals surface area contributed by atoms with E-state index >= 15 is 0 Å². The zero-order chi connectivity index (χ0) is 24.1. The van der Waals surface area contributed by atoms with Gasteiger partial charge in [0.25, 0.3) is 0 Å². The van der Waals surface area contributed by atoms with Crippen molar-refractivity contribution in [3.8, 4) is 11.3 Å². The van der Waals surface area contributed by atoms with Crippen molar-refractivity contribution in [2.24, 2.45) is 0 Å². The minimum absolute atomic E-state index is 0.617. The summed E-state index contributed by atoms with van der Waals surface area (Å²) in [5.74, 6) is 0. The molecule has 8 nitrogen and oxygen atoms in total. The molecule has 5 aromatic rings. The molecule has 36 heavy (non-hydrogen) atoms. The van der Waals surface area contributed by atoms with Gasteiger partial charge in [-0.2, -0.15) is 5.10 Å². The van der Waals surface area contributed by atoms with E-state index in [0.717, 1.165) is 71.5 Å². The monoisotopic (exact) mass is 497 g/mol. The largest absolute Gasteiger partial charge is 0.346 e. The lowest BCUT2D eigenvalue weighted by Gasteiger charge is -2.46. The van der Waals surface area contributed by atoms with Gasteiger partial charge in [0.05, 0.1) is 17.4 Å². The number of H-pyrrole nitrogens is 1. The average molecular weight is 498 g/mol. The number of rotatable bonds is 5. The SMILES string of the molecule is Clc1nc2ccccc2cc1CN1CCC(N2C[C](n3cc(-c4ncnc5[nH]ccc45)cn3)C2)CC1. The molecule has 1 N–H and O–H groups in total. The quantitative estimate of drug-likeness (QED) is 0.363. The molecule has 2 fully saturated rings. The first kappa shape index (κ1) is 21.9. The number of para-hydroxylation sites is 1. The number of fused-ring (bicyclic) bond motifs is 2. The van der Waals surface area contributed by atoms with E-state index in [0.29, 0.717) is 11.2 Å². The fourth-order valence-electron chi connectivity index (χ4n) is 5.48. The Balaban J connectivity index is 0.948. The molecule has 2 aliphatic heterocycles. The van der Waals surface area contributed by atoms with E-state index in [2.05, 4.69) is 53.2 Å². The number of aromatic amines is 1. The van der Waals surface area contributed by atoms with Crippen LogP contribution in [0.5, 0.6) is 0 Å². The second-order valence-electron chi connectivity index (χ2n) is 9.75. The van der Waals surface area contributed by atoms with Gasteiger partial charge in [0.1, 0.15) is 23.2 Å². The highest BCUT2D eigenvalue weighted by molar-refractivity contribution is 6.30. The van der Waals surface area contributed by atoms with Gasteiger partial charge in [-0.05, 0) is 44.1 Å². The van der Waals surface area contributed by atoms with Crippen molar-refractivity contribution in [3.63, 3.8) is 0 Å². The van der Waals surface area contributed by atoms with E-state index in [-0.39, 0.29) is 0 Å². The Morgan fingerprint density at radius 2 is 1.92 bits per heavy atom. The number of hydrogen-bond donors (Lipinski definition) is 1. The van der Waals surface area contributed by atoms with Crippen LogP contribution in [0, 0.1) is 6.04 Å². The minimum atomic E-state index is 0.617. The van der Waals surface area contributed by atoms with Crippen LogP contribution in [0.1, 0.15) is 18.4 Å². The van der Waals surface area contributed by atoms with Crippen molar-refractivity contribution in [2.45, 2.75) is 25.4 Å². The van der Waals surface area contributed by atoms with Gasteiger partial charge in [0.15, 0.2) is 0 Å². The molecule has 0 atom stereocenters. The van der Waals surface area contributed by atoms with Crippen LogP contribution < -0.4 is 0 Å². The molecule has 6 heterocycles. The molecule has 7 rings (SSSR count). The average Bonchev–Trinajstić information content (AvgIpc) is 3.55. The molecule has 1 aromatic carbocycles. The first-order valence-electron chi connectivity index (χ1n) is 12.4. The highest BCUT2D eigenvalue weighted by Gasteiger charge is 2.36. The van der Waals surface area contributed by atoms with E-state index in [1.165, 1.54) is 18.9 Å². The zero-order valence-corrected chi connectivity index (χ0v) is 20.6. The highest BCUT2D eigenvalue weighted by Crippen LogP contribution is 2.31. The van der Waals surface area contributed by atoms with Gasteiger partial charge in [0.2, 0.25) is 0 Å². The number of piperidine rings is 1. The Morgan fingerprint density at radius 1 is 1.06 bits per heavy atom. The standard InChI is InChI=1S/C27H26ClN8/c28-26-19(11-18-3-1-2-4-24(18)33-26)13-34-9-6-21(7-10-34)35-15-22(16-35)36-14-20(12-32-36)25-23-5-8-29-27(23)31-17-30-25/h1-5,8,11-12,14,17,21H,6-7,9-10,13,15-16H2,(H,29,30,31). The summed E-state index contributed by atoms with van der Waals surface area (Å²) in [6.07, 6.45) is 9.82. The van der Waals surface area contributed by atoms with E-state index < -0.39 is 0 Å². The van der Waals surface area contributed by atoms with Crippen LogP contribution in [0.4, 0.5) is 0 Å². The van der Waals surface area contributed by atoms with Crippen molar-refractivity contribution in [3.05, 3.63) is 78.1 Å². The third-order valence-corrected chi connectivity index (χ3v) is 7.85. The van der Waals surface area contributed by atoms with Gasteiger partial charge in [-0.1, -0.05) is 29.8 Å². The molecule has 9 heteroatoms. The molecule has 0 saturated carbocycles. The predicted octanol–water partition coefficient (Wildman–Crippen LogP) is 4.38. The summed E-state index contributed by atoms with van der Waals surface area (Å²) in [6, 6.07) is 14.3. The fraction of sp³-hybridized carbons (Fsp3) is 0.296. The molecule has 2 aliphatic rings. The van der Waals surface area contributed by atoms with E-state index in [4.69, 9.17) is 11.6 Å². The normalized spacial score (nSPS) is 18.2. The predicted molar refractivity (Wildman–Crippen MR) is 140 cm³/mol. The summed E-state index contributed by atoms with van der Waals surface area (Å²) in [7, 11) is 0. The summed E-state index contributed by atoms with van der Waals surface area (Å²) in [4.78, 5) is 21.6. The lowest BCUT2D eigenvalue weighted by atomic mass is 9.97. The number of benzene rings is 1. The summed E-state index contributed by atoms with van der Waals surface area (Å²) in [5.41, 5.74) is 4.85. The van der Waals surface area contributed by atoms with Crippen molar-refractivity contribution in [2.75, 3.05) is 26.2 Å². The van der Waals surface area contributed by atoms with Crippen LogP contribution in [-0.2, 0) is 6.54 Å². The first-order valence-corrected chi connectivity index (χ1v) is 12.8. The maximum absolute atomic E-state index is 6.51. The maximum Gasteiger partial charge on any atom is 0.141 e. The third-order valence-electron chi connectivity index (χ3n) is 7.52. The maximum atomic E-state index is 6.51. The second kappa shape index (κ2) is 8.96. The zero-order valence-electron chi connectivity index (χ0n) is 19.8. The number of halogens is 1. The summed E-state index contributed by atoms with van der Waals surface area (Å²) in [6.45, 7) is 4.94. The molecule has 0 aliphatic carbocycles. The number of likely N-dealkylation sites (tertiary alicyclic amines) is 2. The van der Waals surface area contributed by atoms with Crippen LogP contribution in [0.2, 0.25) is 5.15 Å². The van der Waals surface area contributed by atoms with Crippen LogP contribution >= 0.6 is 11.6 Å². The molecule has 0 bridgehead atoms. The van der Waals surface area contributed by atoms with Gasteiger partial charge < -0.3 is 4.98 Å². The summed E-state index contributed by atoms with van der Waals surface area (Å²) >= 11 is 6.51. The number of pyridine rings is 1. The number of hydrogen-bond acceptors (Lipinski definition) is 6. The molecule has 2 saturated heterocycles. The smallest absolute Gasteiger partial charge is 0.141 e.